The molecule has 13 heavy (non-hydrogen) atoms. The predicted octanol–water partition coefficient (Wildman–Crippen LogP) is 1.13. The molecule has 2 N–H and O–H groups in total. The highest BCUT2D eigenvalue weighted by Gasteiger charge is 2.03. The van der Waals surface area contributed by atoms with Crippen molar-refractivity contribution in [3.05, 3.63) is 18.0 Å². The van der Waals surface area contributed by atoms with Gasteiger partial charge in [0.05, 0.1) is 12.7 Å². The number of hydrogen-bond acceptors (Lipinski definition) is 2. The number of hydrogen-bond donors (Lipinski definition) is 1. The molecule has 0 radical (unpaired) electrons. The summed E-state index contributed by atoms with van der Waals surface area (Å²) in [4.78, 5) is 0. The molecule has 1 aromatic heterocycles. The Morgan fingerprint density at radius 2 is 2.46 bits per heavy atom. The summed E-state index contributed by atoms with van der Waals surface area (Å²) in [6.45, 7) is 2.01. The molecule has 1 atom stereocenters. The first-order chi connectivity index (χ1) is 6.26. The van der Waals surface area contributed by atoms with E-state index in [0.717, 1.165) is 18.4 Å². The van der Waals surface area contributed by atoms with E-state index < -0.39 is 0 Å². The molecule has 0 bridgehead atoms. The zero-order valence-electron chi connectivity index (χ0n) is 7.91. The normalized spacial score (nSPS) is 13.2. The molecule has 3 nitrogen and oxygen atoms in total. The van der Waals surface area contributed by atoms with Gasteiger partial charge in [-0.3, -0.25) is 4.68 Å². The molecule has 1 rings (SSSR count). The van der Waals surface area contributed by atoms with Gasteiger partial charge in [0.1, 0.15) is 6.67 Å². The fraction of sp³-hybridized carbons (Fsp3) is 0.667. The number of alkyl halides is 1. The maximum absolute atomic E-state index is 11.9. The van der Waals surface area contributed by atoms with Crippen molar-refractivity contribution in [2.24, 2.45) is 5.73 Å². The Labute approximate surface area is 77.7 Å². The zero-order valence-corrected chi connectivity index (χ0v) is 7.91. The molecular weight excluding hydrogens is 169 g/mol. The molecule has 0 aliphatic rings. The largest absolute Gasteiger partial charge is 0.327 e. The van der Waals surface area contributed by atoms with Crippen molar-refractivity contribution in [1.29, 1.82) is 0 Å². The average Bonchev–Trinajstić information content (AvgIpc) is 2.53. The fourth-order valence-electron chi connectivity index (χ4n) is 1.17. The van der Waals surface area contributed by atoms with Gasteiger partial charge in [0, 0.05) is 12.2 Å². The summed E-state index contributed by atoms with van der Waals surface area (Å²) >= 11 is 0. The smallest absolute Gasteiger partial charge is 0.109 e. The van der Waals surface area contributed by atoms with E-state index in [2.05, 4.69) is 12.0 Å². The second-order valence-electron chi connectivity index (χ2n) is 3.17. The summed E-state index contributed by atoms with van der Waals surface area (Å²) < 4.78 is 13.5. The molecule has 74 valence electrons. The Hall–Kier alpha value is -0.900. The number of nitrogens with zero attached hydrogens (tertiary/aromatic N) is 2. The van der Waals surface area contributed by atoms with Crippen LogP contribution in [-0.4, -0.2) is 22.5 Å². The molecule has 0 amide bonds. The molecule has 0 fully saturated rings. The van der Waals surface area contributed by atoms with Crippen molar-refractivity contribution < 1.29 is 4.39 Å². The Bertz CT molecular complexity index is 247. The highest BCUT2D eigenvalue weighted by Crippen LogP contribution is 2.03. The topological polar surface area (TPSA) is 43.8 Å². The second kappa shape index (κ2) is 4.97. The predicted molar refractivity (Wildman–Crippen MR) is 50.2 cm³/mol. The first-order valence-corrected chi connectivity index (χ1v) is 4.59. The van der Waals surface area contributed by atoms with Gasteiger partial charge in [-0.2, -0.15) is 5.10 Å². The monoisotopic (exact) mass is 185 g/mol. The van der Waals surface area contributed by atoms with Crippen LogP contribution in [-0.2, 0) is 13.0 Å². The number of aromatic nitrogens is 2. The minimum atomic E-state index is -0.374. The van der Waals surface area contributed by atoms with Crippen LogP contribution in [0.1, 0.15) is 18.9 Å². The molecular formula is C9H16FN3. The lowest BCUT2D eigenvalue weighted by Gasteiger charge is -2.04. The van der Waals surface area contributed by atoms with Crippen molar-refractivity contribution in [2.75, 3.05) is 6.67 Å². The minimum absolute atomic E-state index is 0.183. The van der Waals surface area contributed by atoms with Crippen molar-refractivity contribution in [3.63, 3.8) is 0 Å². The molecule has 0 spiro atoms. The van der Waals surface area contributed by atoms with Crippen LogP contribution < -0.4 is 5.73 Å². The Morgan fingerprint density at radius 1 is 1.69 bits per heavy atom. The van der Waals surface area contributed by atoms with Gasteiger partial charge >= 0.3 is 0 Å². The number of aryl methyl sites for hydroxylation is 1. The van der Waals surface area contributed by atoms with Crippen LogP contribution in [0.5, 0.6) is 0 Å². The molecule has 0 saturated heterocycles. The quantitative estimate of drug-likeness (QED) is 0.747. The molecule has 1 unspecified atom stereocenters. The summed E-state index contributed by atoms with van der Waals surface area (Å²) in [7, 11) is 0. The van der Waals surface area contributed by atoms with Crippen LogP contribution in [0, 0.1) is 0 Å². The Morgan fingerprint density at radius 3 is 3.08 bits per heavy atom. The maximum atomic E-state index is 11.9. The van der Waals surface area contributed by atoms with Crippen molar-refractivity contribution >= 4 is 0 Å². The fourth-order valence-corrected chi connectivity index (χ4v) is 1.17. The lowest BCUT2D eigenvalue weighted by Crippen LogP contribution is -2.21. The highest BCUT2D eigenvalue weighted by atomic mass is 19.1. The summed E-state index contributed by atoms with van der Waals surface area (Å²) in [6.07, 6.45) is 5.39. The van der Waals surface area contributed by atoms with E-state index in [1.54, 1.807) is 10.9 Å². The van der Waals surface area contributed by atoms with Gasteiger partial charge < -0.3 is 5.73 Å². The summed E-state index contributed by atoms with van der Waals surface area (Å²) in [5.74, 6) is 0. The number of halogens is 1. The van der Waals surface area contributed by atoms with Crippen LogP contribution in [0.25, 0.3) is 0 Å². The minimum Gasteiger partial charge on any atom is -0.327 e. The van der Waals surface area contributed by atoms with Gasteiger partial charge in [-0.15, -0.1) is 0 Å². The Kier molecular flexibility index (Phi) is 3.89. The van der Waals surface area contributed by atoms with E-state index in [1.807, 2.05) is 6.20 Å². The zero-order chi connectivity index (χ0) is 9.68. The molecule has 0 saturated carbocycles. The summed E-state index contributed by atoms with van der Waals surface area (Å²) in [6, 6.07) is 0.183. The van der Waals surface area contributed by atoms with Crippen LogP contribution in [0.2, 0.25) is 0 Å². The molecule has 1 heterocycles. The standard InChI is InChI=1S/C9H16FN3/c1-2-9(11)5-8-6-12-13(7-8)4-3-10/h6-7,9H,2-5,11H2,1H3. The third kappa shape index (κ3) is 3.14. The lowest BCUT2D eigenvalue weighted by atomic mass is 10.1. The summed E-state index contributed by atoms with van der Waals surface area (Å²) in [5.41, 5.74) is 6.86. The first-order valence-electron chi connectivity index (χ1n) is 4.59. The molecule has 0 aromatic carbocycles. The maximum Gasteiger partial charge on any atom is 0.109 e. The Balaban J connectivity index is 2.48. The first kappa shape index (κ1) is 10.2. The van der Waals surface area contributed by atoms with Crippen molar-refractivity contribution in [1.82, 2.24) is 9.78 Å². The molecule has 1 aromatic rings. The molecule has 4 heteroatoms. The van der Waals surface area contributed by atoms with Gasteiger partial charge in [-0.1, -0.05) is 6.92 Å². The van der Waals surface area contributed by atoms with E-state index in [1.165, 1.54) is 0 Å². The van der Waals surface area contributed by atoms with Crippen LogP contribution in [0.4, 0.5) is 4.39 Å². The lowest BCUT2D eigenvalue weighted by molar-refractivity contribution is 0.427. The van der Waals surface area contributed by atoms with Crippen molar-refractivity contribution in [2.45, 2.75) is 32.4 Å². The highest BCUT2D eigenvalue weighted by molar-refractivity contribution is 5.05. The van der Waals surface area contributed by atoms with Crippen LogP contribution in [0.3, 0.4) is 0 Å². The third-order valence-corrected chi connectivity index (χ3v) is 2.02. The van der Waals surface area contributed by atoms with E-state index in [-0.39, 0.29) is 12.7 Å². The number of nitrogens with two attached hydrogens (primary N) is 1. The van der Waals surface area contributed by atoms with Gasteiger partial charge in [-0.05, 0) is 18.4 Å². The molecule has 0 aliphatic carbocycles. The number of rotatable bonds is 5. The summed E-state index contributed by atoms with van der Waals surface area (Å²) in [5, 5.41) is 4.01. The second-order valence-corrected chi connectivity index (χ2v) is 3.17. The van der Waals surface area contributed by atoms with Gasteiger partial charge in [0.25, 0.3) is 0 Å². The average molecular weight is 185 g/mol. The van der Waals surface area contributed by atoms with E-state index in [0.29, 0.717) is 6.54 Å². The van der Waals surface area contributed by atoms with Crippen molar-refractivity contribution in [3.8, 4) is 0 Å². The third-order valence-electron chi connectivity index (χ3n) is 2.02. The molecule has 0 aliphatic heterocycles. The van der Waals surface area contributed by atoms with E-state index >= 15 is 0 Å². The van der Waals surface area contributed by atoms with Gasteiger partial charge in [0.2, 0.25) is 0 Å². The van der Waals surface area contributed by atoms with Gasteiger partial charge in [-0.25, -0.2) is 4.39 Å². The van der Waals surface area contributed by atoms with E-state index in [4.69, 9.17) is 5.73 Å². The SMILES string of the molecule is CCC(N)Cc1cnn(CCF)c1. The van der Waals surface area contributed by atoms with E-state index in [9.17, 15) is 4.39 Å². The van der Waals surface area contributed by atoms with Crippen LogP contribution >= 0.6 is 0 Å². The van der Waals surface area contributed by atoms with Gasteiger partial charge in [0.15, 0.2) is 0 Å². The van der Waals surface area contributed by atoms with Crippen LogP contribution in [0.15, 0.2) is 12.4 Å².